The first kappa shape index (κ1) is 18.6. The molecule has 4 heterocycles. The van der Waals surface area contributed by atoms with E-state index in [1.54, 1.807) is 11.6 Å². The number of nitrogens with one attached hydrogen (secondary N) is 3. The van der Waals surface area contributed by atoms with E-state index in [9.17, 15) is 13.2 Å². The molecule has 1 fully saturated rings. The quantitative estimate of drug-likeness (QED) is 0.685. The number of rotatable bonds is 5. The van der Waals surface area contributed by atoms with Crippen molar-refractivity contribution in [2.45, 2.75) is 43.2 Å². The fraction of sp³-hybridized carbons (Fsp3) is 0.529. The zero-order chi connectivity index (χ0) is 18.9. The molecule has 4 rings (SSSR count). The van der Waals surface area contributed by atoms with Gasteiger partial charge >= 0.3 is 0 Å². The maximum absolute atomic E-state index is 13.1. The number of carbonyl (C=O) groups is 1. The summed E-state index contributed by atoms with van der Waals surface area (Å²) in [6.07, 6.45) is 5.59. The van der Waals surface area contributed by atoms with Gasteiger partial charge in [0.25, 0.3) is 5.91 Å². The Morgan fingerprint density at radius 1 is 1.41 bits per heavy atom. The van der Waals surface area contributed by atoms with Gasteiger partial charge in [0.15, 0.2) is 0 Å². The third-order valence-corrected chi connectivity index (χ3v) is 8.07. The molecule has 0 aliphatic carbocycles. The van der Waals surface area contributed by atoms with Crippen LogP contribution in [0.1, 0.15) is 40.2 Å². The van der Waals surface area contributed by atoms with E-state index in [1.807, 2.05) is 0 Å². The lowest BCUT2D eigenvalue weighted by Gasteiger charge is -2.26. The largest absolute Gasteiger partial charge is 0.350 e. The van der Waals surface area contributed by atoms with Gasteiger partial charge in [-0.1, -0.05) is 6.42 Å². The zero-order valence-electron chi connectivity index (χ0n) is 14.9. The highest BCUT2D eigenvalue weighted by Crippen LogP contribution is 2.28. The second-order valence-electron chi connectivity index (χ2n) is 6.93. The average Bonchev–Trinajstić information content (AvgIpc) is 3.35. The van der Waals surface area contributed by atoms with Crippen molar-refractivity contribution in [2.24, 2.45) is 0 Å². The summed E-state index contributed by atoms with van der Waals surface area (Å²) in [4.78, 5) is 13.0. The average molecular weight is 410 g/mol. The first-order chi connectivity index (χ1) is 13.1. The number of nitrogens with zero attached hydrogens (tertiary/aromatic N) is 2. The number of carbonyl (C=O) groups excluding carboxylic acids is 1. The predicted octanol–water partition coefficient (Wildman–Crippen LogP) is 1.09. The minimum Gasteiger partial charge on any atom is -0.350 e. The summed E-state index contributed by atoms with van der Waals surface area (Å²) >= 11 is 1.17. The minimum absolute atomic E-state index is 0.0912. The van der Waals surface area contributed by atoms with Gasteiger partial charge in [0.2, 0.25) is 10.0 Å². The number of amides is 1. The van der Waals surface area contributed by atoms with Crippen LogP contribution in [0.2, 0.25) is 0 Å². The smallest absolute Gasteiger partial charge is 0.262 e. The molecular formula is C17H23N5O3S2. The molecule has 146 valence electrons. The second-order valence-corrected chi connectivity index (χ2v) is 9.76. The highest BCUT2D eigenvalue weighted by molar-refractivity contribution is 7.89. The Morgan fingerprint density at radius 3 is 3.11 bits per heavy atom. The van der Waals surface area contributed by atoms with Gasteiger partial charge in [-0.3, -0.25) is 9.89 Å². The highest BCUT2D eigenvalue weighted by Gasteiger charge is 2.33. The van der Waals surface area contributed by atoms with Crippen LogP contribution in [0.4, 0.5) is 0 Å². The molecule has 8 nitrogen and oxygen atoms in total. The number of piperidine rings is 1. The van der Waals surface area contributed by atoms with Crippen molar-refractivity contribution >= 4 is 27.3 Å². The van der Waals surface area contributed by atoms with Gasteiger partial charge in [0.05, 0.1) is 6.20 Å². The Kier molecular flexibility index (Phi) is 5.31. The molecule has 1 amide bonds. The lowest BCUT2D eigenvalue weighted by Crippen LogP contribution is -2.43. The van der Waals surface area contributed by atoms with Crippen LogP contribution in [-0.4, -0.2) is 54.5 Å². The van der Waals surface area contributed by atoms with E-state index in [4.69, 9.17) is 0 Å². The zero-order valence-corrected chi connectivity index (χ0v) is 16.5. The van der Waals surface area contributed by atoms with Crippen molar-refractivity contribution in [3.05, 3.63) is 33.8 Å². The van der Waals surface area contributed by atoms with E-state index in [2.05, 4.69) is 20.8 Å². The number of hydrogen-bond donors (Lipinski definition) is 3. The molecular weight excluding hydrogens is 386 g/mol. The molecule has 27 heavy (non-hydrogen) atoms. The van der Waals surface area contributed by atoms with Gasteiger partial charge in [-0.2, -0.15) is 9.40 Å². The summed E-state index contributed by atoms with van der Waals surface area (Å²) < 4.78 is 27.7. The number of aromatic nitrogens is 2. The predicted molar refractivity (Wildman–Crippen MR) is 102 cm³/mol. The van der Waals surface area contributed by atoms with Gasteiger partial charge in [-0.05, 0) is 30.8 Å². The first-order valence-electron chi connectivity index (χ1n) is 9.16. The van der Waals surface area contributed by atoms with Crippen LogP contribution < -0.4 is 10.6 Å². The maximum Gasteiger partial charge on any atom is 0.262 e. The molecule has 3 N–H and O–H groups in total. The number of thiophene rings is 1. The van der Waals surface area contributed by atoms with Gasteiger partial charge in [0.1, 0.15) is 9.77 Å². The molecule has 2 aliphatic rings. The van der Waals surface area contributed by atoms with Crippen molar-refractivity contribution in [3.63, 3.8) is 0 Å². The van der Waals surface area contributed by atoms with E-state index in [0.717, 1.165) is 37.1 Å². The van der Waals surface area contributed by atoms with Crippen LogP contribution in [0.5, 0.6) is 0 Å². The van der Waals surface area contributed by atoms with Gasteiger partial charge in [-0.15, -0.1) is 11.3 Å². The van der Waals surface area contributed by atoms with Crippen molar-refractivity contribution in [2.75, 3.05) is 19.6 Å². The Balaban J connectivity index is 1.48. The molecule has 2 aromatic rings. The van der Waals surface area contributed by atoms with Crippen LogP contribution in [-0.2, 0) is 23.0 Å². The summed E-state index contributed by atoms with van der Waals surface area (Å²) in [7, 11) is -3.73. The number of fused-ring (bicyclic) bond motifs is 1. The molecule has 0 aromatic carbocycles. The van der Waals surface area contributed by atoms with Crippen molar-refractivity contribution in [1.82, 2.24) is 25.1 Å². The topological polar surface area (TPSA) is 107 Å². The fourth-order valence-corrected chi connectivity index (χ4v) is 6.34. The van der Waals surface area contributed by atoms with Crippen LogP contribution in [0, 0.1) is 0 Å². The third kappa shape index (κ3) is 3.79. The summed E-state index contributed by atoms with van der Waals surface area (Å²) in [6, 6.07) is 1.78. The summed E-state index contributed by atoms with van der Waals surface area (Å²) in [5.41, 5.74) is 1.86. The number of H-pyrrole nitrogens is 1. The van der Waals surface area contributed by atoms with Crippen molar-refractivity contribution in [3.8, 4) is 0 Å². The van der Waals surface area contributed by atoms with Crippen LogP contribution in [0.25, 0.3) is 0 Å². The van der Waals surface area contributed by atoms with E-state index in [0.29, 0.717) is 19.5 Å². The Labute approximate surface area is 162 Å². The summed E-state index contributed by atoms with van der Waals surface area (Å²) in [5, 5.41) is 14.8. The summed E-state index contributed by atoms with van der Waals surface area (Å²) in [6.45, 7) is 2.12. The normalized spacial score (nSPS) is 21.0. The fourth-order valence-electron chi connectivity index (χ4n) is 3.60. The van der Waals surface area contributed by atoms with Crippen LogP contribution >= 0.6 is 11.3 Å². The summed E-state index contributed by atoms with van der Waals surface area (Å²) in [5.74, 6) is -0.322. The van der Waals surface area contributed by atoms with E-state index in [1.165, 1.54) is 21.7 Å². The van der Waals surface area contributed by atoms with Gasteiger partial charge in [-0.25, -0.2) is 8.42 Å². The molecule has 0 spiro atoms. The Morgan fingerprint density at radius 2 is 2.30 bits per heavy atom. The third-order valence-electron chi connectivity index (χ3n) is 5.14. The minimum atomic E-state index is -3.73. The standard InChI is InChI=1S/C17H23N5O3S2/c23-17(19-10-13-3-1-2-6-18-13)16-15(5-8-26-16)27(24,25)22-7-4-14-12(11-22)9-20-21-14/h5,8-9,13,18H,1-4,6-7,10-11H2,(H,19,23)(H,20,21)/t13-/m1/s1. The Hall–Kier alpha value is -1.75. The van der Waals surface area contributed by atoms with Crippen LogP contribution in [0.15, 0.2) is 22.5 Å². The van der Waals surface area contributed by atoms with E-state index >= 15 is 0 Å². The molecule has 0 bridgehead atoms. The number of sulfonamides is 1. The van der Waals surface area contributed by atoms with Gasteiger partial charge in [0, 0.05) is 43.4 Å². The highest BCUT2D eigenvalue weighted by atomic mass is 32.2. The maximum atomic E-state index is 13.1. The number of aromatic amines is 1. The molecule has 2 aromatic heterocycles. The second kappa shape index (κ2) is 7.70. The first-order valence-corrected chi connectivity index (χ1v) is 11.5. The molecule has 0 unspecified atom stereocenters. The molecule has 0 saturated carbocycles. The van der Waals surface area contributed by atoms with E-state index in [-0.39, 0.29) is 28.3 Å². The van der Waals surface area contributed by atoms with Crippen LogP contribution in [0.3, 0.4) is 0 Å². The SMILES string of the molecule is O=C(NC[C@H]1CCCCN1)c1sccc1S(=O)(=O)N1CCc2[nH]ncc2C1. The molecule has 2 aliphatic heterocycles. The Bertz CT molecular complexity index is 915. The molecule has 1 saturated heterocycles. The van der Waals surface area contributed by atoms with Crippen molar-refractivity contribution < 1.29 is 13.2 Å². The van der Waals surface area contributed by atoms with E-state index < -0.39 is 10.0 Å². The monoisotopic (exact) mass is 409 g/mol. The van der Waals surface area contributed by atoms with Gasteiger partial charge < -0.3 is 10.6 Å². The number of hydrogen-bond acceptors (Lipinski definition) is 6. The lowest BCUT2D eigenvalue weighted by molar-refractivity contribution is 0.0948. The molecule has 1 atom stereocenters. The lowest BCUT2D eigenvalue weighted by atomic mass is 10.1. The van der Waals surface area contributed by atoms with Crippen molar-refractivity contribution in [1.29, 1.82) is 0 Å². The molecule has 0 radical (unpaired) electrons. The molecule has 10 heteroatoms.